The summed E-state index contributed by atoms with van der Waals surface area (Å²) < 4.78 is 27.5. The first kappa shape index (κ1) is 22.0. The number of sulfonamides is 1. The van der Waals surface area contributed by atoms with Gasteiger partial charge in [0.1, 0.15) is 9.77 Å². The molecule has 31 heavy (non-hydrogen) atoms. The number of hydrogen-bond acceptors (Lipinski definition) is 5. The van der Waals surface area contributed by atoms with Crippen molar-refractivity contribution in [1.29, 1.82) is 0 Å². The van der Waals surface area contributed by atoms with Gasteiger partial charge in [0.25, 0.3) is 11.8 Å². The molecule has 0 atom stereocenters. The average molecular weight is 462 g/mol. The zero-order chi connectivity index (χ0) is 21.8. The van der Waals surface area contributed by atoms with Crippen LogP contribution in [0, 0.1) is 0 Å². The second-order valence-corrected chi connectivity index (χ2v) is 10.8. The smallest absolute Gasteiger partial charge is 0.263 e. The van der Waals surface area contributed by atoms with E-state index in [9.17, 15) is 18.0 Å². The highest BCUT2D eigenvalue weighted by molar-refractivity contribution is 7.89. The lowest BCUT2D eigenvalue weighted by molar-refractivity contribution is 0.0792. The van der Waals surface area contributed by atoms with Crippen LogP contribution in [0.2, 0.25) is 0 Å². The van der Waals surface area contributed by atoms with Crippen LogP contribution in [-0.2, 0) is 16.6 Å². The Kier molecular flexibility index (Phi) is 6.74. The van der Waals surface area contributed by atoms with E-state index in [0.717, 1.165) is 62.1 Å². The molecule has 1 N–H and O–H groups in total. The highest BCUT2D eigenvalue weighted by Gasteiger charge is 2.31. The quantitative estimate of drug-likeness (QED) is 0.716. The molecule has 0 bridgehead atoms. The molecular weight excluding hydrogens is 434 g/mol. The van der Waals surface area contributed by atoms with E-state index in [1.807, 2.05) is 17.0 Å². The highest BCUT2D eigenvalue weighted by Crippen LogP contribution is 2.27. The molecule has 0 aliphatic carbocycles. The summed E-state index contributed by atoms with van der Waals surface area (Å²) in [6.45, 7) is 2.79. The first-order valence-corrected chi connectivity index (χ1v) is 13.0. The topological polar surface area (TPSA) is 86.8 Å². The van der Waals surface area contributed by atoms with Crippen molar-refractivity contribution in [3.8, 4) is 0 Å². The summed E-state index contributed by atoms with van der Waals surface area (Å²) in [6, 6.07) is 8.75. The zero-order valence-corrected chi connectivity index (χ0v) is 19.0. The van der Waals surface area contributed by atoms with Gasteiger partial charge in [-0.05, 0) is 54.8 Å². The van der Waals surface area contributed by atoms with Crippen LogP contribution in [0.3, 0.4) is 0 Å². The van der Waals surface area contributed by atoms with E-state index in [0.29, 0.717) is 18.7 Å². The monoisotopic (exact) mass is 461 g/mol. The Morgan fingerprint density at radius 3 is 2.42 bits per heavy atom. The first-order valence-electron chi connectivity index (χ1n) is 10.7. The Morgan fingerprint density at radius 2 is 1.68 bits per heavy atom. The summed E-state index contributed by atoms with van der Waals surface area (Å²) in [4.78, 5) is 27.5. The Bertz CT molecular complexity index is 1050. The highest BCUT2D eigenvalue weighted by atomic mass is 32.2. The average Bonchev–Trinajstić information content (AvgIpc) is 3.50. The first-order chi connectivity index (χ1) is 15.0. The maximum atomic E-state index is 13.0. The number of benzene rings is 1. The van der Waals surface area contributed by atoms with Crippen LogP contribution in [0.15, 0.2) is 40.6 Å². The molecule has 2 aliphatic heterocycles. The predicted molar refractivity (Wildman–Crippen MR) is 120 cm³/mol. The maximum absolute atomic E-state index is 13.0. The van der Waals surface area contributed by atoms with Gasteiger partial charge in [0.05, 0.1) is 0 Å². The van der Waals surface area contributed by atoms with Crippen LogP contribution >= 0.6 is 11.3 Å². The van der Waals surface area contributed by atoms with Gasteiger partial charge in [-0.3, -0.25) is 9.59 Å². The summed E-state index contributed by atoms with van der Waals surface area (Å²) in [5.74, 6) is -0.402. The maximum Gasteiger partial charge on any atom is 0.263 e. The summed E-state index contributed by atoms with van der Waals surface area (Å²) in [7, 11) is -3.67. The van der Waals surface area contributed by atoms with E-state index in [1.54, 1.807) is 17.5 Å². The van der Waals surface area contributed by atoms with E-state index >= 15 is 0 Å². The SMILES string of the molecule is O=C(NCc1cccc(C(=O)N2CCCC2)c1)c1sccc1S(=O)(=O)N1CCCCC1. The van der Waals surface area contributed by atoms with E-state index in [4.69, 9.17) is 0 Å². The molecule has 166 valence electrons. The third kappa shape index (κ3) is 4.83. The molecule has 1 aromatic heterocycles. The Balaban J connectivity index is 1.44. The summed E-state index contributed by atoms with van der Waals surface area (Å²) >= 11 is 1.13. The molecule has 0 spiro atoms. The number of carbonyl (C=O) groups excluding carboxylic acids is 2. The van der Waals surface area contributed by atoms with Crippen LogP contribution in [0.25, 0.3) is 0 Å². The molecule has 4 rings (SSSR count). The van der Waals surface area contributed by atoms with Gasteiger partial charge >= 0.3 is 0 Å². The van der Waals surface area contributed by atoms with Gasteiger partial charge in [-0.15, -0.1) is 11.3 Å². The fourth-order valence-corrected chi connectivity index (χ4v) is 6.92. The van der Waals surface area contributed by atoms with Crippen LogP contribution in [0.4, 0.5) is 0 Å². The van der Waals surface area contributed by atoms with Crippen molar-refractivity contribution in [1.82, 2.24) is 14.5 Å². The number of piperidine rings is 1. The fourth-order valence-electron chi connectivity index (χ4n) is 4.09. The summed E-state index contributed by atoms with van der Waals surface area (Å²) in [6.07, 6.45) is 4.78. The zero-order valence-electron chi connectivity index (χ0n) is 17.4. The Hall–Kier alpha value is -2.23. The molecule has 2 amide bonds. The number of hydrogen-bond donors (Lipinski definition) is 1. The molecule has 2 aliphatic rings. The molecular formula is C22H27N3O4S2. The van der Waals surface area contributed by atoms with Crippen molar-refractivity contribution in [2.45, 2.75) is 43.5 Å². The number of nitrogens with zero attached hydrogens (tertiary/aromatic N) is 2. The number of likely N-dealkylation sites (tertiary alicyclic amines) is 1. The Morgan fingerprint density at radius 1 is 0.968 bits per heavy atom. The standard InChI is InChI=1S/C22H27N3O4S2/c26-21(20-19(9-14-30-20)31(28,29)25-12-2-1-3-13-25)23-16-17-7-6-8-18(15-17)22(27)24-10-4-5-11-24/h6-9,14-15H,1-5,10-13,16H2,(H,23,26). The van der Waals surface area contributed by atoms with Crippen molar-refractivity contribution >= 4 is 33.2 Å². The summed E-state index contributed by atoms with van der Waals surface area (Å²) in [5.41, 5.74) is 1.41. The third-order valence-electron chi connectivity index (χ3n) is 5.79. The molecule has 2 saturated heterocycles. The van der Waals surface area contributed by atoms with Crippen molar-refractivity contribution < 1.29 is 18.0 Å². The number of amides is 2. The Labute approximate surface area is 187 Å². The number of carbonyl (C=O) groups is 2. The number of rotatable bonds is 6. The van der Waals surface area contributed by atoms with E-state index in [2.05, 4.69) is 5.32 Å². The molecule has 7 nitrogen and oxygen atoms in total. The summed E-state index contributed by atoms with van der Waals surface area (Å²) in [5, 5.41) is 4.46. The van der Waals surface area contributed by atoms with E-state index in [1.165, 1.54) is 10.4 Å². The van der Waals surface area contributed by atoms with E-state index in [-0.39, 0.29) is 22.2 Å². The van der Waals surface area contributed by atoms with Gasteiger partial charge in [-0.1, -0.05) is 18.6 Å². The molecule has 0 radical (unpaired) electrons. The van der Waals surface area contributed by atoms with Crippen LogP contribution in [0.5, 0.6) is 0 Å². The van der Waals surface area contributed by atoms with Gasteiger partial charge in [0.15, 0.2) is 0 Å². The van der Waals surface area contributed by atoms with Crippen molar-refractivity contribution in [2.75, 3.05) is 26.2 Å². The largest absolute Gasteiger partial charge is 0.347 e. The lowest BCUT2D eigenvalue weighted by Gasteiger charge is -2.25. The van der Waals surface area contributed by atoms with Gasteiger partial charge < -0.3 is 10.2 Å². The van der Waals surface area contributed by atoms with Crippen LogP contribution < -0.4 is 5.32 Å². The van der Waals surface area contributed by atoms with Crippen LogP contribution in [-0.4, -0.2) is 55.6 Å². The third-order valence-corrected chi connectivity index (χ3v) is 8.77. The lowest BCUT2D eigenvalue weighted by Crippen LogP contribution is -2.36. The predicted octanol–water partition coefficient (Wildman–Crippen LogP) is 3.09. The van der Waals surface area contributed by atoms with Gasteiger partial charge in [-0.25, -0.2) is 8.42 Å². The minimum Gasteiger partial charge on any atom is -0.347 e. The minimum absolute atomic E-state index is 0.0128. The van der Waals surface area contributed by atoms with Crippen molar-refractivity contribution in [3.05, 3.63) is 51.7 Å². The van der Waals surface area contributed by atoms with Gasteiger partial charge in [-0.2, -0.15) is 4.31 Å². The number of nitrogens with one attached hydrogen (secondary N) is 1. The second kappa shape index (κ2) is 9.50. The van der Waals surface area contributed by atoms with Crippen molar-refractivity contribution in [3.63, 3.8) is 0 Å². The minimum atomic E-state index is -3.67. The molecule has 9 heteroatoms. The fraction of sp³-hybridized carbons (Fsp3) is 0.455. The molecule has 0 saturated carbocycles. The van der Waals surface area contributed by atoms with Crippen molar-refractivity contribution in [2.24, 2.45) is 0 Å². The molecule has 3 heterocycles. The molecule has 2 fully saturated rings. The molecule has 0 unspecified atom stereocenters. The van der Waals surface area contributed by atoms with E-state index < -0.39 is 15.9 Å². The molecule has 2 aromatic rings. The van der Waals surface area contributed by atoms with Crippen LogP contribution in [0.1, 0.15) is 57.7 Å². The second-order valence-electron chi connectivity index (χ2n) is 7.96. The normalized spacial score (nSPS) is 17.6. The molecule has 1 aromatic carbocycles. The van der Waals surface area contributed by atoms with Gasteiger partial charge in [0, 0.05) is 38.3 Å². The van der Waals surface area contributed by atoms with Gasteiger partial charge in [0.2, 0.25) is 10.0 Å². The lowest BCUT2D eigenvalue weighted by atomic mass is 10.1. The number of thiophene rings is 1.